The highest BCUT2D eigenvalue weighted by Crippen LogP contribution is 2.46. The van der Waals surface area contributed by atoms with Crippen LogP contribution in [0.2, 0.25) is 0 Å². The van der Waals surface area contributed by atoms with Crippen molar-refractivity contribution >= 4 is 12.1 Å². The number of rotatable bonds is 7. The minimum atomic E-state index is -4.87. The largest absolute Gasteiger partial charge is 0.463 e. The van der Waals surface area contributed by atoms with Gasteiger partial charge in [-0.25, -0.2) is 14.0 Å². The summed E-state index contributed by atoms with van der Waals surface area (Å²) >= 11 is 0. The fraction of sp³-hybridized carbons (Fsp3) is 0.333. The molecule has 0 spiro atoms. The molecule has 0 saturated carbocycles. The highest BCUT2D eigenvalue weighted by atomic mass is 19.4. The summed E-state index contributed by atoms with van der Waals surface area (Å²) in [6.45, 7) is 0.676. The van der Waals surface area contributed by atoms with E-state index in [1.807, 2.05) is 0 Å². The Hall–Kier alpha value is -3.40. The van der Waals surface area contributed by atoms with Gasteiger partial charge in [0.05, 0.1) is 13.2 Å². The summed E-state index contributed by atoms with van der Waals surface area (Å²) in [5.74, 6) is -3.44. The molecule has 1 fully saturated rings. The van der Waals surface area contributed by atoms with Crippen LogP contribution in [-0.4, -0.2) is 37.6 Å². The molecule has 3 rings (SSSR count). The van der Waals surface area contributed by atoms with Crippen molar-refractivity contribution in [1.29, 1.82) is 0 Å². The second kappa shape index (κ2) is 10.7. The fourth-order valence-electron chi connectivity index (χ4n) is 3.82. The van der Waals surface area contributed by atoms with Crippen LogP contribution in [0, 0.1) is 11.7 Å². The Kier molecular flexibility index (Phi) is 7.93. The molecule has 0 radical (unpaired) electrons. The minimum absolute atomic E-state index is 0.00948. The Labute approximate surface area is 193 Å². The van der Waals surface area contributed by atoms with Gasteiger partial charge in [-0.15, -0.1) is 0 Å². The topological polar surface area (TPSA) is 73.9 Å². The Bertz CT molecular complexity index is 1030. The summed E-state index contributed by atoms with van der Waals surface area (Å²) < 4.78 is 71.4. The lowest BCUT2D eigenvalue weighted by Crippen LogP contribution is -2.53. The van der Waals surface area contributed by atoms with Crippen molar-refractivity contribution in [2.75, 3.05) is 13.2 Å². The molecule has 0 bridgehead atoms. The van der Waals surface area contributed by atoms with E-state index < -0.39 is 48.2 Å². The molecule has 1 aliphatic heterocycles. The first kappa shape index (κ1) is 25.2. The van der Waals surface area contributed by atoms with E-state index in [1.54, 1.807) is 30.3 Å². The van der Waals surface area contributed by atoms with Crippen LogP contribution in [0.3, 0.4) is 0 Å². The van der Waals surface area contributed by atoms with Crippen molar-refractivity contribution in [2.45, 2.75) is 31.3 Å². The van der Waals surface area contributed by atoms with Crippen LogP contribution < -0.4 is 5.32 Å². The number of ether oxygens (including phenoxy) is 3. The third-order valence-corrected chi connectivity index (χ3v) is 5.33. The van der Waals surface area contributed by atoms with Crippen molar-refractivity contribution in [3.63, 3.8) is 0 Å². The van der Waals surface area contributed by atoms with Crippen molar-refractivity contribution in [3.8, 4) is 0 Å². The molecule has 2 aromatic rings. The normalized spacial score (nSPS) is 22.5. The Morgan fingerprint density at radius 2 is 1.79 bits per heavy atom. The summed E-state index contributed by atoms with van der Waals surface area (Å²) in [5, 5.41) is 2.40. The van der Waals surface area contributed by atoms with E-state index in [9.17, 15) is 27.2 Å². The summed E-state index contributed by atoms with van der Waals surface area (Å²) in [7, 11) is 0. The average Bonchev–Trinajstić information content (AvgIpc) is 3.16. The number of nitrogens with one attached hydrogen (secondary N) is 1. The van der Waals surface area contributed by atoms with Crippen molar-refractivity contribution in [3.05, 3.63) is 83.7 Å². The number of amides is 1. The van der Waals surface area contributed by atoms with Gasteiger partial charge in [-0.1, -0.05) is 54.6 Å². The predicted octanol–water partition coefficient (Wildman–Crippen LogP) is 4.64. The zero-order chi connectivity index (χ0) is 24.8. The molecule has 1 N–H and O–H groups in total. The first-order valence-electron chi connectivity index (χ1n) is 10.4. The van der Waals surface area contributed by atoms with Crippen molar-refractivity contribution < 1.29 is 41.4 Å². The van der Waals surface area contributed by atoms with Crippen LogP contribution >= 0.6 is 0 Å². The molecular weight excluding hydrogens is 458 g/mol. The molecule has 0 unspecified atom stereocenters. The molecule has 1 amide bonds. The van der Waals surface area contributed by atoms with E-state index in [2.05, 4.69) is 5.32 Å². The number of hydrogen-bond acceptors (Lipinski definition) is 5. The second-order valence-corrected chi connectivity index (χ2v) is 7.55. The third-order valence-electron chi connectivity index (χ3n) is 5.33. The van der Waals surface area contributed by atoms with Gasteiger partial charge in [0.15, 0.2) is 6.10 Å². The number of halogens is 4. The molecule has 0 aromatic heterocycles. The molecule has 10 heteroatoms. The van der Waals surface area contributed by atoms with E-state index in [0.717, 1.165) is 18.2 Å². The number of alkyl halides is 3. The molecule has 1 saturated heterocycles. The molecule has 6 nitrogen and oxygen atoms in total. The Morgan fingerprint density at radius 1 is 1.12 bits per heavy atom. The van der Waals surface area contributed by atoms with Gasteiger partial charge in [0.25, 0.3) is 0 Å². The van der Waals surface area contributed by atoms with E-state index >= 15 is 0 Å². The Morgan fingerprint density at radius 3 is 2.44 bits per heavy atom. The zero-order valence-electron chi connectivity index (χ0n) is 18.2. The summed E-state index contributed by atoms with van der Waals surface area (Å²) in [4.78, 5) is 24.5. The molecule has 182 valence electrons. The maximum absolute atomic E-state index is 14.9. The summed E-state index contributed by atoms with van der Waals surface area (Å²) in [6, 6.07) is 13.7. The zero-order valence-corrected chi connectivity index (χ0v) is 18.2. The lowest BCUT2D eigenvalue weighted by atomic mass is 9.77. The Balaban J connectivity index is 1.99. The van der Waals surface area contributed by atoms with Gasteiger partial charge in [0.1, 0.15) is 18.0 Å². The highest BCUT2D eigenvalue weighted by Gasteiger charge is 2.60. The van der Waals surface area contributed by atoms with E-state index in [4.69, 9.17) is 14.2 Å². The third kappa shape index (κ3) is 5.74. The lowest BCUT2D eigenvalue weighted by molar-refractivity contribution is -0.213. The number of carbonyl (C=O) groups excluding carboxylic acids is 2. The molecule has 3 atom stereocenters. The number of esters is 1. The van der Waals surface area contributed by atoms with Crippen LogP contribution in [0.4, 0.5) is 22.4 Å². The van der Waals surface area contributed by atoms with Gasteiger partial charge >= 0.3 is 18.2 Å². The first-order valence-corrected chi connectivity index (χ1v) is 10.4. The summed E-state index contributed by atoms with van der Waals surface area (Å²) in [5.41, 5.74) is -1.61. The number of benzene rings is 2. The van der Waals surface area contributed by atoms with E-state index in [1.165, 1.54) is 25.1 Å². The average molecular weight is 481 g/mol. The molecule has 34 heavy (non-hydrogen) atoms. The van der Waals surface area contributed by atoms with Gasteiger partial charge in [-0.3, -0.25) is 0 Å². The molecular formula is C24H23F4NO5. The maximum Gasteiger partial charge on any atom is 0.415 e. The molecule has 1 aliphatic rings. The number of carbonyl (C=O) groups is 2. The van der Waals surface area contributed by atoms with Gasteiger partial charge < -0.3 is 19.5 Å². The lowest BCUT2D eigenvalue weighted by Gasteiger charge is -2.35. The quantitative estimate of drug-likeness (QED) is 0.354. The standard InChI is InChI=1S/C24H23F4NO5/c1-2-32-20(30)13-12-18-21(24(26,27)28)34-15-23(18,17-10-6-7-11-19(17)25)29-22(31)33-14-16-8-4-3-5-9-16/h3-13,18,21H,2,14-15H2,1H3,(H,29,31)/b13-12+/t18-,21+,23-/m1/s1. The van der Waals surface area contributed by atoms with Crippen LogP contribution in [-0.2, 0) is 31.2 Å². The first-order chi connectivity index (χ1) is 16.2. The van der Waals surface area contributed by atoms with Gasteiger partial charge in [-0.2, -0.15) is 13.2 Å². The van der Waals surface area contributed by atoms with Crippen LogP contribution in [0.5, 0.6) is 0 Å². The summed E-state index contributed by atoms with van der Waals surface area (Å²) in [6.07, 6.45) is -6.63. The molecule has 1 heterocycles. The predicted molar refractivity (Wildman–Crippen MR) is 113 cm³/mol. The fourth-order valence-corrected chi connectivity index (χ4v) is 3.82. The molecule has 2 aromatic carbocycles. The molecule has 0 aliphatic carbocycles. The number of alkyl carbamates (subject to hydrolysis) is 1. The van der Waals surface area contributed by atoms with E-state index in [-0.39, 0.29) is 18.8 Å². The maximum atomic E-state index is 14.9. The monoisotopic (exact) mass is 481 g/mol. The SMILES string of the molecule is CCOC(=O)/C=C/[C@@H]1[C@@H](C(F)(F)F)OC[C@@]1(NC(=O)OCc1ccccc1)c1ccccc1F. The minimum Gasteiger partial charge on any atom is -0.463 e. The second-order valence-electron chi connectivity index (χ2n) is 7.55. The van der Waals surface area contributed by atoms with Crippen LogP contribution in [0.15, 0.2) is 66.7 Å². The smallest absolute Gasteiger partial charge is 0.415 e. The highest BCUT2D eigenvalue weighted by molar-refractivity contribution is 5.82. The van der Waals surface area contributed by atoms with Crippen LogP contribution in [0.25, 0.3) is 0 Å². The van der Waals surface area contributed by atoms with Crippen molar-refractivity contribution in [1.82, 2.24) is 5.32 Å². The van der Waals surface area contributed by atoms with Gasteiger partial charge in [-0.05, 0) is 18.6 Å². The number of hydrogen-bond donors (Lipinski definition) is 1. The van der Waals surface area contributed by atoms with Crippen molar-refractivity contribution in [2.24, 2.45) is 5.92 Å². The van der Waals surface area contributed by atoms with E-state index in [0.29, 0.717) is 5.56 Å². The van der Waals surface area contributed by atoms with Gasteiger partial charge in [0, 0.05) is 17.6 Å². The van der Waals surface area contributed by atoms with Gasteiger partial charge in [0.2, 0.25) is 0 Å². The van der Waals surface area contributed by atoms with Crippen LogP contribution in [0.1, 0.15) is 18.1 Å².